The van der Waals surface area contributed by atoms with Crippen molar-refractivity contribution in [2.45, 2.75) is 76.7 Å². The first-order chi connectivity index (χ1) is 12.8. The Morgan fingerprint density at radius 1 is 0.885 bits per heavy atom. The molecule has 0 atom stereocenters. The van der Waals surface area contributed by atoms with E-state index in [-0.39, 0.29) is 12.1 Å². The SMILES string of the molecule is O=C(OC1CCCCCCCCCCC1)c1snnc1-c1ccccc1. The van der Waals surface area contributed by atoms with Crippen LogP contribution < -0.4 is 0 Å². The third-order valence-corrected chi connectivity index (χ3v) is 5.75. The number of ether oxygens (including phenoxy) is 1. The first-order valence-corrected chi connectivity index (χ1v) is 10.7. The molecule has 0 spiro atoms. The maximum absolute atomic E-state index is 12.8. The molecule has 26 heavy (non-hydrogen) atoms. The lowest BCUT2D eigenvalue weighted by Crippen LogP contribution is -2.18. The van der Waals surface area contributed by atoms with Crippen LogP contribution in [-0.4, -0.2) is 21.7 Å². The summed E-state index contributed by atoms with van der Waals surface area (Å²) < 4.78 is 9.88. The molecule has 1 aliphatic rings. The largest absolute Gasteiger partial charge is 0.458 e. The van der Waals surface area contributed by atoms with E-state index >= 15 is 0 Å². The highest BCUT2D eigenvalue weighted by Crippen LogP contribution is 2.26. The first-order valence-electron chi connectivity index (χ1n) is 9.93. The summed E-state index contributed by atoms with van der Waals surface area (Å²) in [5, 5.41) is 4.15. The zero-order chi connectivity index (χ0) is 18.0. The Morgan fingerprint density at radius 2 is 1.46 bits per heavy atom. The zero-order valence-corrected chi connectivity index (χ0v) is 16.2. The van der Waals surface area contributed by atoms with Crippen LogP contribution in [0.4, 0.5) is 0 Å². The second-order valence-corrected chi connectivity index (χ2v) is 7.86. The van der Waals surface area contributed by atoms with Gasteiger partial charge in [0.15, 0.2) is 4.88 Å². The van der Waals surface area contributed by atoms with Gasteiger partial charge in [-0.2, -0.15) is 0 Å². The van der Waals surface area contributed by atoms with Gasteiger partial charge >= 0.3 is 5.97 Å². The van der Waals surface area contributed by atoms with Gasteiger partial charge in [-0.1, -0.05) is 79.8 Å². The van der Waals surface area contributed by atoms with E-state index in [4.69, 9.17) is 4.74 Å². The monoisotopic (exact) mass is 372 g/mol. The van der Waals surface area contributed by atoms with Gasteiger partial charge in [0.05, 0.1) is 0 Å². The van der Waals surface area contributed by atoms with Crippen LogP contribution >= 0.6 is 11.5 Å². The summed E-state index contributed by atoms with van der Waals surface area (Å²) in [5.74, 6) is -0.268. The highest BCUT2D eigenvalue weighted by Gasteiger charge is 2.22. The molecule has 5 heteroatoms. The molecule has 1 aromatic carbocycles. The van der Waals surface area contributed by atoms with Gasteiger partial charge in [0.1, 0.15) is 11.8 Å². The van der Waals surface area contributed by atoms with Crippen LogP contribution in [0, 0.1) is 0 Å². The number of benzene rings is 1. The Balaban J connectivity index is 1.63. The minimum atomic E-state index is -0.268. The molecular formula is C21H28N2O2S. The van der Waals surface area contributed by atoms with E-state index in [1.165, 1.54) is 44.9 Å². The summed E-state index contributed by atoms with van der Waals surface area (Å²) in [6, 6.07) is 9.73. The fraction of sp³-hybridized carbons (Fsp3) is 0.571. The van der Waals surface area contributed by atoms with E-state index in [1.54, 1.807) is 0 Å². The average molecular weight is 373 g/mol. The number of carbonyl (C=O) groups excluding carboxylic acids is 1. The predicted molar refractivity (Wildman–Crippen MR) is 105 cm³/mol. The van der Waals surface area contributed by atoms with E-state index in [0.29, 0.717) is 10.6 Å². The Morgan fingerprint density at radius 3 is 2.08 bits per heavy atom. The lowest BCUT2D eigenvalue weighted by Gasteiger charge is -2.18. The normalized spacial score (nSPS) is 17.8. The highest BCUT2D eigenvalue weighted by atomic mass is 32.1. The second kappa shape index (κ2) is 10.4. The molecule has 0 saturated heterocycles. The van der Waals surface area contributed by atoms with Gasteiger partial charge in [-0.15, -0.1) is 5.10 Å². The molecule has 3 rings (SSSR count). The summed E-state index contributed by atoms with van der Waals surface area (Å²) in [4.78, 5) is 13.3. The predicted octanol–water partition coefficient (Wildman–Crippen LogP) is 6.04. The minimum absolute atomic E-state index is 0.0210. The summed E-state index contributed by atoms with van der Waals surface area (Å²) in [5.41, 5.74) is 1.54. The summed E-state index contributed by atoms with van der Waals surface area (Å²) >= 11 is 1.13. The summed E-state index contributed by atoms with van der Waals surface area (Å²) in [7, 11) is 0. The number of esters is 1. The molecule has 0 N–H and O–H groups in total. The Hall–Kier alpha value is -1.75. The first kappa shape index (κ1) is 19.0. The van der Waals surface area contributed by atoms with Crippen molar-refractivity contribution in [2.24, 2.45) is 0 Å². The van der Waals surface area contributed by atoms with Crippen molar-refractivity contribution in [3.8, 4) is 11.3 Å². The molecular weight excluding hydrogens is 344 g/mol. The molecule has 1 aliphatic carbocycles. The third-order valence-electron chi connectivity index (χ3n) is 5.05. The Labute approximate surface area is 160 Å². The Kier molecular flexibility index (Phi) is 7.62. The van der Waals surface area contributed by atoms with Gasteiger partial charge in [-0.3, -0.25) is 0 Å². The molecule has 0 amide bonds. The van der Waals surface area contributed by atoms with Gasteiger partial charge in [-0.05, 0) is 37.2 Å². The van der Waals surface area contributed by atoms with E-state index in [9.17, 15) is 4.79 Å². The summed E-state index contributed by atoms with van der Waals surface area (Å²) in [6.07, 6.45) is 13.4. The molecule has 1 heterocycles. The van der Waals surface area contributed by atoms with E-state index < -0.39 is 0 Å². The van der Waals surface area contributed by atoms with Crippen molar-refractivity contribution in [3.05, 3.63) is 35.2 Å². The van der Waals surface area contributed by atoms with Crippen LogP contribution in [-0.2, 0) is 4.74 Å². The van der Waals surface area contributed by atoms with Crippen LogP contribution in [0.5, 0.6) is 0 Å². The molecule has 1 fully saturated rings. The van der Waals surface area contributed by atoms with Gasteiger partial charge in [-0.25, -0.2) is 4.79 Å². The maximum Gasteiger partial charge on any atom is 0.352 e. The topological polar surface area (TPSA) is 52.1 Å². The van der Waals surface area contributed by atoms with Crippen LogP contribution in [0.15, 0.2) is 30.3 Å². The number of carbonyl (C=O) groups is 1. The van der Waals surface area contributed by atoms with Crippen molar-refractivity contribution >= 4 is 17.5 Å². The van der Waals surface area contributed by atoms with Crippen molar-refractivity contribution < 1.29 is 9.53 Å². The van der Waals surface area contributed by atoms with Crippen LogP contribution in [0.25, 0.3) is 11.3 Å². The second-order valence-electron chi connectivity index (χ2n) is 7.10. The quantitative estimate of drug-likeness (QED) is 0.617. The van der Waals surface area contributed by atoms with Crippen LogP contribution in [0.2, 0.25) is 0 Å². The molecule has 1 aromatic heterocycles. The van der Waals surface area contributed by atoms with Crippen molar-refractivity contribution in [2.75, 3.05) is 0 Å². The standard InChI is InChI=1S/C21H28N2O2S/c24-21(20-19(22-23-26-20)17-13-9-8-10-14-17)25-18-15-11-6-4-2-1-3-5-7-12-16-18/h8-10,13-14,18H,1-7,11-12,15-16H2. The molecule has 0 aliphatic heterocycles. The van der Waals surface area contributed by atoms with Gasteiger partial charge in [0.2, 0.25) is 0 Å². The molecule has 1 saturated carbocycles. The fourth-order valence-corrected chi connectivity index (χ4v) is 4.13. The fourth-order valence-electron chi connectivity index (χ4n) is 3.56. The van der Waals surface area contributed by atoms with Crippen molar-refractivity contribution in [1.82, 2.24) is 9.59 Å². The molecule has 0 radical (unpaired) electrons. The number of rotatable bonds is 3. The Bertz CT molecular complexity index is 660. The van der Waals surface area contributed by atoms with Gasteiger partial charge in [0.25, 0.3) is 0 Å². The smallest absolute Gasteiger partial charge is 0.352 e. The molecule has 140 valence electrons. The number of hydrogen-bond acceptors (Lipinski definition) is 5. The zero-order valence-electron chi connectivity index (χ0n) is 15.4. The minimum Gasteiger partial charge on any atom is -0.458 e. The third kappa shape index (κ3) is 5.63. The number of hydrogen-bond donors (Lipinski definition) is 0. The van der Waals surface area contributed by atoms with Crippen LogP contribution in [0.3, 0.4) is 0 Å². The molecule has 0 bridgehead atoms. The van der Waals surface area contributed by atoms with E-state index in [0.717, 1.165) is 42.8 Å². The number of nitrogens with zero attached hydrogens (tertiary/aromatic N) is 2. The van der Waals surface area contributed by atoms with Crippen LogP contribution in [0.1, 0.15) is 80.3 Å². The molecule has 2 aromatic rings. The lowest BCUT2D eigenvalue weighted by molar-refractivity contribution is 0.0254. The number of aromatic nitrogens is 2. The van der Waals surface area contributed by atoms with Crippen molar-refractivity contribution in [1.29, 1.82) is 0 Å². The van der Waals surface area contributed by atoms with Gasteiger partial charge < -0.3 is 4.74 Å². The maximum atomic E-state index is 12.8. The van der Waals surface area contributed by atoms with E-state index in [1.807, 2.05) is 30.3 Å². The average Bonchev–Trinajstić information content (AvgIpc) is 3.14. The molecule has 4 nitrogen and oxygen atoms in total. The lowest BCUT2D eigenvalue weighted by atomic mass is 9.99. The van der Waals surface area contributed by atoms with Crippen molar-refractivity contribution in [3.63, 3.8) is 0 Å². The van der Waals surface area contributed by atoms with Gasteiger partial charge in [0, 0.05) is 5.56 Å². The summed E-state index contributed by atoms with van der Waals surface area (Å²) in [6.45, 7) is 0. The van der Waals surface area contributed by atoms with E-state index in [2.05, 4.69) is 9.59 Å². The molecule has 0 unspecified atom stereocenters. The highest BCUT2D eigenvalue weighted by molar-refractivity contribution is 7.08.